The molecule has 0 atom stereocenters. The van der Waals surface area contributed by atoms with Crippen molar-refractivity contribution in [2.75, 3.05) is 45.8 Å². The lowest BCUT2D eigenvalue weighted by atomic mass is 9.88. The lowest BCUT2D eigenvalue weighted by Crippen LogP contribution is -2.53. The zero-order valence-electron chi connectivity index (χ0n) is 14.1. The van der Waals surface area contributed by atoms with Gasteiger partial charge in [-0.15, -0.1) is 0 Å². The fraction of sp³-hybridized carbons (Fsp3) is 0.750. The van der Waals surface area contributed by atoms with Crippen molar-refractivity contribution in [3.8, 4) is 5.88 Å². The van der Waals surface area contributed by atoms with Gasteiger partial charge in [0.15, 0.2) is 0 Å². The quantitative estimate of drug-likeness (QED) is 0.832. The SMILES string of the molecule is CC(C)COc1cncc(NCC2(N(C)C)CCOCC2)n1. The Balaban J connectivity index is 1.96. The van der Waals surface area contributed by atoms with Gasteiger partial charge in [0.1, 0.15) is 5.82 Å². The van der Waals surface area contributed by atoms with E-state index in [4.69, 9.17) is 9.47 Å². The van der Waals surface area contributed by atoms with Crippen molar-refractivity contribution in [2.45, 2.75) is 32.2 Å². The van der Waals surface area contributed by atoms with E-state index in [0.717, 1.165) is 38.4 Å². The van der Waals surface area contributed by atoms with Gasteiger partial charge in [-0.2, -0.15) is 4.98 Å². The van der Waals surface area contributed by atoms with Crippen LogP contribution in [0.3, 0.4) is 0 Å². The van der Waals surface area contributed by atoms with Gasteiger partial charge in [-0.25, -0.2) is 0 Å². The second-order valence-electron chi connectivity index (χ2n) is 6.53. The molecular weight excluding hydrogens is 280 g/mol. The van der Waals surface area contributed by atoms with E-state index >= 15 is 0 Å². The Bertz CT molecular complexity index is 459. The van der Waals surface area contributed by atoms with E-state index in [-0.39, 0.29) is 5.54 Å². The number of nitrogens with zero attached hydrogens (tertiary/aromatic N) is 3. The van der Waals surface area contributed by atoms with Crippen LogP contribution in [0.1, 0.15) is 26.7 Å². The number of anilines is 1. The largest absolute Gasteiger partial charge is 0.476 e. The molecule has 0 unspecified atom stereocenters. The van der Waals surface area contributed by atoms with Crippen LogP contribution in [0.5, 0.6) is 5.88 Å². The first-order chi connectivity index (χ1) is 10.5. The van der Waals surface area contributed by atoms with Gasteiger partial charge in [0.25, 0.3) is 0 Å². The lowest BCUT2D eigenvalue weighted by Gasteiger charge is -2.43. The third-order valence-corrected chi connectivity index (χ3v) is 4.15. The van der Waals surface area contributed by atoms with Crippen LogP contribution in [0.25, 0.3) is 0 Å². The lowest BCUT2D eigenvalue weighted by molar-refractivity contribution is -0.000673. The number of ether oxygens (including phenoxy) is 2. The van der Waals surface area contributed by atoms with Crippen molar-refractivity contribution in [1.29, 1.82) is 0 Å². The molecule has 2 heterocycles. The Labute approximate surface area is 133 Å². The molecule has 0 spiro atoms. The highest BCUT2D eigenvalue weighted by molar-refractivity contribution is 5.34. The summed E-state index contributed by atoms with van der Waals surface area (Å²) in [6, 6.07) is 0. The Kier molecular flexibility index (Phi) is 5.97. The first-order valence-electron chi connectivity index (χ1n) is 7.96. The fourth-order valence-electron chi connectivity index (χ4n) is 2.54. The highest BCUT2D eigenvalue weighted by atomic mass is 16.5. The molecule has 2 rings (SSSR count). The standard InChI is InChI=1S/C16H28N4O2/c1-13(2)11-22-15-10-17-9-14(19-15)18-12-16(20(3)4)5-7-21-8-6-16/h9-10,13H,5-8,11-12H2,1-4H3,(H,18,19). The van der Waals surface area contributed by atoms with Crippen molar-refractivity contribution >= 4 is 5.82 Å². The molecule has 22 heavy (non-hydrogen) atoms. The fourth-order valence-corrected chi connectivity index (χ4v) is 2.54. The second kappa shape index (κ2) is 7.74. The van der Waals surface area contributed by atoms with E-state index in [2.05, 4.69) is 48.1 Å². The second-order valence-corrected chi connectivity index (χ2v) is 6.53. The summed E-state index contributed by atoms with van der Waals surface area (Å²) in [4.78, 5) is 11.0. The van der Waals surface area contributed by atoms with E-state index in [0.29, 0.717) is 18.4 Å². The third kappa shape index (κ3) is 4.55. The summed E-state index contributed by atoms with van der Waals surface area (Å²) in [5, 5.41) is 3.41. The van der Waals surface area contributed by atoms with Gasteiger partial charge in [-0.1, -0.05) is 13.8 Å². The number of hydrogen-bond donors (Lipinski definition) is 1. The maximum absolute atomic E-state index is 5.63. The van der Waals surface area contributed by atoms with Crippen molar-refractivity contribution in [3.63, 3.8) is 0 Å². The van der Waals surface area contributed by atoms with Crippen LogP contribution in [-0.4, -0.2) is 60.9 Å². The van der Waals surface area contributed by atoms with Crippen LogP contribution in [0.15, 0.2) is 12.4 Å². The van der Waals surface area contributed by atoms with Gasteiger partial charge in [0.2, 0.25) is 5.88 Å². The van der Waals surface area contributed by atoms with Crippen LogP contribution >= 0.6 is 0 Å². The molecule has 6 nitrogen and oxygen atoms in total. The van der Waals surface area contributed by atoms with Crippen LogP contribution in [-0.2, 0) is 4.74 Å². The van der Waals surface area contributed by atoms with Gasteiger partial charge in [0.05, 0.1) is 19.0 Å². The molecule has 0 bridgehead atoms. The molecule has 1 aromatic heterocycles. The summed E-state index contributed by atoms with van der Waals surface area (Å²) in [5.74, 6) is 1.80. The minimum Gasteiger partial charge on any atom is -0.476 e. The minimum atomic E-state index is 0.106. The molecule has 0 saturated carbocycles. The normalized spacial score (nSPS) is 17.7. The zero-order valence-corrected chi connectivity index (χ0v) is 14.1. The maximum atomic E-state index is 5.63. The topological polar surface area (TPSA) is 59.5 Å². The van der Waals surface area contributed by atoms with E-state index in [9.17, 15) is 0 Å². The van der Waals surface area contributed by atoms with Crippen molar-refractivity contribution in [3.05, 3.63) is 12.4 Å². The Morgan fingerprint density at radius 2 is 2.05 bits per heavy atom. The maximum Gasteiger partial charge on any atom is 0.234 e. The molecule has 0 amide bonds. The van der Waals surface area contributed by atoms with E-state index in [1.165, 1.54) is 0 Å². The summed E-state index contributed by atoms with van der Waals surface area (Å²) in [6.07, 6.45) is 5.43. The molecular formula is C16H28N4O2. The molecule has 1 saturated heterocycles. The molecule has 0 aromatic carbocycles. The number of aromatic nitrogens is 2. The summed E-state index contributed by atoms with van der Waals surface area (Å²) >= 11 is 0. The highest BCUT2D eigenvalue weighted by Gasteiger charge is 2.34. The summed E-state index contributed by atoms with van der Waals surface area (Å²) in [6.45, 7) is 7.32. The molecule has 0 aliphatic carbocycles. The Hall–Kier alpha value is -1.40. The molecule has 1 N–H and O–H groups in total. The summed E-state index contributed by atoms with van der Waals surface area (Å²) in [7, 11) is 4.25. The molecule has 1 fully saturated rings. The van der Waals surface area contributed by atoms with Gasteiger partial charge >= 0.3 is 0 Å². The average molecular weight is 308 g/mol. The predicted molar refractivity (Wildman–Crippen MR) is 87.3 cm³/mol. The Morgan fingerprint density at radius 3 is 2.68 bits per heavy atom. The van der Waals surface area contributed by atoms with Crippen molar-refractivity contribution in [1.82, 2.24) is 14.9 Å². The molecule has 1 aromatic rings. The van der Waals surface area contributed by atoms with Gasteiger partial charge in [-0.05, 0) is 32.9 Å². The van der Waals surface area contributed by atoms with Gasteiger partial charge < -0.3 is 19.7 Å². The third-order valence-electron chi connectivity index (χ3n) is 4.15. The van der Waals surface area contributed by atoms with E-state index < -0.39 is 0 Å². The van der Waals surface area contributed by atoms with Crippen molar-refractivity contribution < 1.29 is 9.47 Å². The summed E-state index contributed by atoms with van der Waals surface area (Å²) < 4.78 is 11.1. The number of hydrogen-bond acceptors (Lipinski definition) is 6. The van der Waals surface area contributed by atoms with Gasteiger partial charge in [-0.3, -0.25) is 4.98 Å². The molecule has 124 valence electrons. The van der Waals surface area contributed by atoms with Crippen LogP contribution in [0.2, 0.25) is 0 Å². The molecule has 1 aliphatic rings. The van der Waals surface area contributed by atoms with E-state index in [1.807, 2.05) is 0 Å². The first-order valence-corrected chi connectivity index (χ1v) is 7.96. The Morgan fingerprint density at radius 1 is 1.32 bits per heavy atom. The predicted octanol–water partition coefficient (Wildman–Crippen LogP) is 2.03. The van der Waals surface area contributed by atoms with Crippen LogP contribution < -0.4 is 10.1 Å². The zero-order chi connectivity index (χ0) is 16.0. The van der Waals surface area contributed by atoms with Crippen LogP contribution in [0, 0.1) is 5.92 Å². The number of rotatable bonds is 7. The smallest absolute Gasteiger partial charge is 0.234 e. The molecule has 0 radical (unpaired) electrons. The number of likely N-dealkylation sites (N-methyl/N-ethyl adjacent to an activating group) is 1. The average Bonchev–Trinajstić information content (AvgIpc) is 2.52. The summed E-state index contributed by atoms with van der Waals surface area (Å²) in [5.41, 5.74) is 0.106. The van der Waals surface area contributed by atoms with E-state index in [1.54, 1.807) is 12.4 Å². The van der Waals surface area contributed by atoms with Crippen molar-refractivity contribution in [2.24, 2.45) is 5.92 Å². The molecule has 6 heteroatoms. The highest BCUT2D eigenvalue weighted by Crippen LogP contribution is 2.26. The van der Waals surface area contributed by atoms with Crippen LogP contribution in [0.4, 0.5) is 5.82 Å². The van der Waals surface area contributed by atoms with Gasteiger partial charge in [0, 0.05) is 25.3 Å². The number of nitrogens with one attached hydrogen (secondary N) is 1. The molecule has 1 aliphatic heterocycles. The minimum absolute atomic E-state index is 0.106. The monoisotopic (exact) mass is 308 g/mol. The first kappa shape index (κ1) is 17.0.